The van der Waals surface area contributed by atoms with E-state index < -0.39 is 19.9 Å². The van der Waals surface area contributed by atoms with Crippen LogP contribution in [0, 0.1) is 19.8 Å². The second kappa shape index (κ2) is 9.34. The molecule has 0 aliphatic rings. The van der Waals surface area contributed by atoms with Gasteiger partial charge in [0.05, 0.1) is 12.5 Å². The quantitative estimate of drug-likeness (QED) is 0.500. The number of rotatable bonds is 8. The van der Waals surface area contributed by atoms with Gasteiger partial charge in [-0.1, -0.05) is 19.1 Å². The van der Waals surface area contributed by atoms with Crippen molar-refractivity contribution in [2.75, 3.05) is 18.3 Å². The predicted molar refractivity (Wildman–Crippen MR) is 108 cm³/mol. The van der Waals surface area contributed by atoms with Gasteiger partial charge >= 0.3 is 7.60 Å². The Labute approximate surface area is 164 Å². The number of benzene rings is 2. The molecule has 0 aliphatic heterocycles. The second-order valence-electron chi connectivity index (χ2n) is 6.92. The standard InChI is InChI=1S/C20H26NO6P/c1-13-8-18(27-12-28(24,25)26)9-14(2)19(13)10-16-4-6-17(7-5-16)21-20(23)15(3)11-22/h4-9,15,22H,10-12H2,1-3H3,(H,21,23)(H2,24,25,26). The summed E-state index contributed by atoms with van der Waals surface area (Å²) in [5.74, 6) is -0.262. The lowest BCUT2D eigenvalue weighted by Crippen LogP contribution is -2.22. The molecule has 2 rings (SSSR count). The Morgan fingerprint density at radius 1 is 1.14 bits per heavy atom. The molecule has 0 aliphatic carbocycles. The first-order valence-electron chi connectivity index (χ1n) is 8.87. The van der Waals surface area contributed by atoms with E-state index in [1.165, 1.54) is 0 Å². The lowest BCUT2D eigenvalue weighted by atomic mass is 9.95. The van der Waals surface area contributed by atoms with Gasteiger partial charge in [0.2, 0.25) is 5.91 Å². The van der Waals surface area contributed by atoms with E-state index in [1.807, 2.05) is 38.1 Å². The van der Waals surface area contributed by atoms with Crippen molar-refractivity contribution in [2.24, 2.45) is 5.92 Å². The summed E-state index contributed by atoms with van der Waals surface area (Å²) in [5.41, 5.74) is 4.77. The number of carbonyl (C=O) groups excluding carboxylic acids is 1. The predicted octanol–water partition coefficient (Wildman–Crippen LogP) is 2.98. The first-order chi connectivity index (χ1) is 13.1. The molecule has 1 atom stereocenters. The van der Waals surface area contributed by atoms with Crippen LogP contribution in [0.5, 0.6) is 5.75 Å². The number of aryl methyl sites for hydroxylation is 2. The molecule has 0 spiro atoms. The van der Waals surface area contributed by atoms with E-state index in [0.717, 1.165) is 22.3 Å². The molecule has 2 aromatic rings. The summed E-state index contributed by atoms with van der Waals surface area (Å²) >= 11 is 0. The molecule has 28 heavy (non-hydrogen) atoms. The van der Waals surface area contributed by atoms with Gasteiger partial charge in [-0.25, -0.2) is 0 Å². The number of anilines is 1. The summed E-state index contributed by atoms with van der Waals surface area (Å²) in [4.78, 5) is 29.7. The molecule has 1 unspecified atom stereocenters. The van der Waals surface area contributed by atoms with Crippen LogP contribution in [0.3, 0.4) is 0 Å². The zero-order valence-corrected chi connectivity index (χ0v) is 17.1. The fourth-order valence-electron chi connectivity index (χ4n) is 2.73. The van der Waals surface area contributed by atoms with Crippen molar-refractivity contribution in [1.82, 2.24) is 0 Å². The molecule has 0 saturated carbocycles. The smallest absolute Gasteiger partial charge is 0.362 e. The number of ether oxygens (including phenoxy) is 1. The molecular weight excluding hydrogens is 381 g/mol. The van der Waals surface area contributed by atoms with Crippen LogP contribution >= 0.6 is 7.60 Å². The summed E-state index contributed by atoms with van der Waals surface area (Å²) in [6, 6.07) is 11.0. The lowest BCUT2D eigenvalue weighted by Gasteiger charge is -2.15. The molecule has 0 bridgehead atoms. The van der Waals surface area contributed by atoms with Crippen LogP contribution in [-0.4, -0.2) is 33.8 Å². The van der Waals surface area contributed by atoms with E-state index in [9.17, 15) is 9.36 Å². The fraction of sp³-hybridized carbons (Fsp3) is 0.350. The van der Waals surface area contributed by atoms with Gasteiger partial charge in [-0.2, -0.15) is 0 Å². The third kappa shape index (κ3) is 6.46. The Bertz CT molecular complexity index is 852. The number of aliphatic hydroxyl groups excluding tert-OH is 1. The molecule has 8 heteroatoms. The monoisotopic (exact) mass is 407 g/mol. The Kier molecular flexibility index (Phi) is 7.38. The van der Waals surface area contributed by atoms with Gasteiger partial charge in [-0.15, -0.1) is 0 Å². The zero-order valence-electron chi connectivity index (χ0n) is 16.2. The molecule has 0 radical (unpaired) electrons. The lowest BCUT2D eigenvalue weighted by molar-refractivity contribution is -0.120. The first kappa shape index (κ1) is 22.1. The maximum absolute atomic E-state index is 11.8. The largest absolute Gasteiger partial charge is 0.481 e. The average molecular weight is 407 g/mol. The van der Waals surface area contributed by atoms with Crippen molar-refractivity contribution in [3.05, 3.63) is 58.7 Å². The van der Waals surface area contributed by atoms with Crippen LogP contribution in [0.4, 0.5) is 5.69 Å². The molecule has 152 valence electrons. The summed E-state index contributed by atoms with van der Waals surface area (Å²) in [7, 11) is -4.22. The SMILES string of the molecule is Cc1cc(OCP(=O)(O)O)cc(C)c1Cc1ccc(NC(=O)C(C)CO)cc1. The van der Waals surface area contributed by atoms with Crippen LogP contribution in [0.2, 0.25) is 0 Å². The van der Waals surface area contributed by atoms with Gasteiger partial charge < -0.3 is 24.9 Å². The van der Waals surface area contributed by atoms with Crippen LogP contribution in [0.15, 0.2) is 36.4 Å². The molecular formula is C20H26NO6P. The molecule has 2 aromatic carbocycles. The highest BCUT2D eigenvalue weighted by atomic mass is 31.2. The third-order valence-electron chi connectivity index (χ3n) is 4.39. The molecule has 4 N–H and O–H groups in total. The van der Waals surface area contributed by atoms with Gasteiger partial charge in [0.1, 0.15) is 5.75 Å². The van der Waals surface area contributed by atoms with Crippen molar-refractivity contribution >= 4 is 19.2 Å². The number of hydrogen-bond acceptors (Lipinski definition) is 4. The van der Waals surface area contributed by atoms with Gasteiger partial charge in [0.15, 0.2) is 6.35 Å². The Morgan fingerprint density at radius 3 is 2.21 bits per heavy atom. The normalized spacial score (nSPS) is 12.5. The van der Waals surface area contributed by atoms with Gasteiger partial charge in [0, 0.05) is 5.69 Å². The number of amides is 1. The van der Waals surface area contributed by atoms with Gasteiger partial charge in [-0.05, 0) is 66.8 Å². The Hall–Kier alpha value is -2.18. The van der Waals surface area contributed by atoms with Crippen molar-refractivity contribution in [3.8, 4) is 5.75 Å². The summed E-state index contributed by atoms with van der Waals surface area (Å²) < 4.78 is 16.2. The average Bonchev–Trinajstić information content (AvgIpc) is 2.63. The number of aliphatic hydroxyl groups is 1. The van der Waals surface area contributed by atoms with Crippen LogP contribution in [0.1, 0.15) is 29.2 Å². The first-order valence-corrected chi connectivity index (χ1v) is 10.7. The van der Waals surface area contributed by atoms with Crippen molar-refractivity contribution in [1.29, 1.82) is 0 Å². The minimum atomic E-state index is -4.22. The van der Waals surface area contributed by atoms with Crippen LogP contribution in [0.25, 0.3) is 0 Å². The summed E-state index contributed by atoms with van der Waals surface area (Å²) in [6.07, 6.45) is 0.0328. The Balaban J connectivity index is 2.08. The van der Waals surface area contributed by atoms with E-state index in [0.29, 0.717) is 17.9 Å². The highest BCUT2D eigenvalue weighted by Gasteiger charge is 2.15. The van der Waals surface area contributed by atoms with Gasteiger partial charge in [0.25, 0.3) is 0 Å². The topological polar surface area (TPSA) is 116 Å². The number of hydrogen-bond donors (Lipinski definition) is 4. The van der Waals surface area contributed by atoms with Crippen LogP contribution in [-0.2, 0) is 15.8 Å². The Morgan fingerprint density at radius 2 is 1.71 bits per heavy atom. The second-order valence-corrected chi connectivity index (χ2v) is 8.51. The van der Waals surface area contributed by atoms with E-state index in [4.69, 9.17) is 19.6 Å². The molecule has 1 amide bonds. The zero-order chi connectivity index (χ0) is 20.9. The molecule has 0 aromatic heterocycles. The highest BCUT2D eigenvalue weighted by molar-refractivity contribution is 7.51. The molecule has 7 nitrogen and oxygen atoms in total. The summed E-state index contributed by atoms with van der Waals surface area (Å²) in [6.45, 7) is 5.31. The van der Waals surface area contributed by atoms with Crippen LogP contribution < -0.4 is 10.1 Å². The van der Waals surface area contributed by atoms with E-state index in [2.05, 4.69) is 5.32 Å². The maximum atomic E-state index is 11.8. The highest BCUT2D eigenvalue weighted by Crippen LogP contribution is 2.35. The number of nitrogens with one attached hydrogen (secondary N) is 1. The maximum Gasteiger partial charge on any atom is 0.362 e. The van der Waals surface area contributed by atoms with E-state index >= 15 is 0 Å². The van der Waals surface area contributed by atoms with E-state index in [-0.39, 0.29) is 12.5 Å². The molecule has 0 saturated heterocycles. The number of carbonyl (C=O) groups is 1. The summed E-state index contributed by atoms with van der Waals surface area (Å²) in [5, 5.41) is 11.8. The fourth-order valence-corrected chi connectivity index (χ4v) is 3.05. The van der Waals surface area contributed by atoms with Crippen molar-refractivity contribution < 1.29 is 29.0 Å². The minimum absolute atomic E-state index is 0.198. The van der Waals surface area contributed by atoms with Gasteiger partial charge in [-0.3, -0.25) is 9.36 Å². The molecule has 0 heterocycles. The van der Waals surface area contributed by atoms with E-state index in [1.54, 1.807) is 19.1 Å². The minimum Gasteiger partial charge on any atom is -0.481 e. The van der Waals surface area contributed by atoms with Crippen molar-refractivity contribution in [2.45, 2.75) is 27.2 Å². The third-order valence-corrected chi connectivity index (χ3v) is 4.86. The van der Waals surface area contributed by atoms with Crippen molar-refractivity contribution in [3.63, 3.8) is 0 Å². The molecule has 0 fully saturated rings.